The van der Waals surface area contributed by atoms with Gasteiger partial charge in [-0.15, -0.1) is 0 Å². The van der Waals surface area contributed by atoms with E-state index in [1.165, 1.54) is 29.3 Å². The average molecular weight is 621 g/mol. The van der Waals surface area contributed by atoms with Gasteiger partial charge >= 0.3 is 0 Å². The van der Waals surface area contributed by atoms with E-state index in [-0.39, 0.29) is 23.2 Å². The van der Waals surface area contributed by atoms with Crippen molar-refractivity contribution < 1.29 is 16.8 Å². The largest absolute Gasteiger partial charge is 0.264 e. The zero-order valence-electron chi connectivity index (χ0n) is 21.2. The van der Waals surface area contributed by atoms with Crippen molar-refractivity contribution in [2.45, 2.75) is 41.4 Å². The Morgan fingerprint density at radius 2 is 1.52 bits per heavy atom. The lowest BCUT2D eigenvalue weighted by Crippen LogP contribution is -2.42. The number of sulfonamides is 2. The SMILES string of the molecule is NS(=O)(=O)[C@@H]1CC[C@H](N=C(NS(=O)(=O)c2ccc(Cl)cc2)N2C[C@@H](c3ccccc3)C(c3ccc(Cl)cc3)=N2)C1. The Kier molecular flexibility index (Phi) is 8.21. The van der Waals surface area contributed by atoms with Crippen LogP contribution in [0, 0.1) is 0 Å². The number of rotatable bonds is 6. The van der Waals surface area contributed by atoms with E-state index in [4.69, 9.17) is 38.4 Å². The first-order chi connectivity index (χ1) is 19.0. The molecule has 0 aromatic heterocycles. The highest BCUT2D eigenvalue weighted by molar-refractivity contribution is 7.90. The first-order valence-corrected chi connectivity index (χ1v) is 16.4. The zero-order chi connectivity index (χ0) is 28.5. The summed E-state index contributed by atoms with van der Waals surface area (Å²) < 4.78 is 53.3. The molecule has 1 aliphatic heterocycles. The molecule has 0 saturated heterocycles. The highest BCUT2D eigenvalue weighted by Gasteiger charge is 2.36. The summed E-state index contributed by atoms with van der Waals surface area (Å²) >= 11 is 12.1. The highest BCUT2D eigenvalue weighted by atomic mass is 35.5. The maximum absolute atomic E-state index is 13.4. The summed E-state index contributed by atoms with van der Waals surface area (Å²) in [6, 6.07) is 22.3. The second kappa shape index (κ2) is 11.5. The molecular formula is C27H27Cl2N5O4S2. The molecule has 1 fully saturated rings. The number of nitrogens with two attached hydrogens (primary N) is 1. The normalized spacial score (nSPS) is 21.9. The van der Waals surface area contributed by atoms with Gasteiger partial charge in [-0.1, -0.05) is 65.7 Å². The predicted molar refractivity (Wildman–Crippen MR) is 158 cm³/mol. The quantitative estimate of drug-likeness (QED) is 0.313. The Morgan fingerprint density at radius 3 is 2.12 bits per heavy atom. The van der Waals surface area contributed by atoms with Gasteiger partial charge in [0.2, 0.25) is 16.0 Å². The average Bonchev–Trinajstić information content (AvgIpc) is 3.57. The minimum absolute atomic E-state index is 0.0000796. The van der Waals surface area contributed by atoms with Crippen LogP contribution in [0.1, 0.15) is 36.3 Å². The van der Waals surface area contributed by atoms with Crippen LogP contribution in [-0.4, -0.2) is 51.4 Å². The number of nitrogens with one attached hydrogen (secondary N) is 1. The van der Waals surface area contributed by atoms with Gasteiger partial charge in [-0.25, -0.2) is 36.7 Å². The van der Waals surface area contributed by atoms with Crippen molar-refractivity contribution in [2.75, 3.05) is 6.54 Å². The Bertz CT molecular complexity index is 1650. The van der Waals surface area contributed by atoms with Crippen LogP contribution in [0.4, 0.5) is 0 Å². The summed E-state index contributed by atoms with van der Waals surface area (Å²) in [5, 5.41) is 12.0. The molecule has 0 bridgehead atoms. The van der Waals surface area contributed by atoms with Gasteiger partial charge < -0.3 is 0 Å². The predicted octanol–water partition coefficient (Wildman–Crippen LogP) is 4.34. The van der Waals surface area contributed by atoms with Gasteiger partial charge in [-0.05, 0) is 66.8 Å². The molecule has 0 amide bonds. The second-order valence-corrected chi connectivity index (χ2v) is 14.1. The third-order valence-corrected chi connectivity index (χ3v) is 10.2. The van der Waals surface area contributed by atoms with E-state index in [0.717, 1.165) is 16.8 Å². The van der Waals surface area contributed by atoms with E-state index in [0.29, 0.717) is 29.4 Å². The van der Waals surface area contributed by atoms with Gasteiger partial charge in [0, 0.05) is 16.0 Å². The molecule has 1 saturated carbocycles. The number of benzene rings is 3. The molecule has 0 unspecified atom stereocenters. The van der Waals surface area contributed by atoms with E-state index in [1.54, 1.807) is 12.1 Å². The summed E-state index contributed by atoms with van der Waals surface area (Å²) in [6.45, 7) is 0.301. The fraction of sp³-hybridized carbons (Fsp3) is 0.259. The molecule has 1 aliphatic carbocycles. The van der Waals surface area contributed by atoms with Crippen LogP contribution in [0.2, 0.25) is 10.0 Å². The molecule has 3 aromatic carbocycles. The maximum Gasteiger partial charge on any atom is 0.264 e. The van der Waals surface area contributed by atoms with E-state index < -0.39 is 31.3 Å². The standard InChI is InChI=1S/C27H27Cl2N5O4S2/c28-20-8-6-19(7-9-20)26-25(18-4-2-1-3-5-18)17-34(32-26)27(31-22-12-15-24(16-22)39(30,35)36)33-40(37,38)23-13-10-21(29)11-14-23/h1-11,13-14,22,24-25H,12,15-17H2,(H,31,33)(H2,30,35,36)/t22-,24+,25-/m0/s1. The molecule has 2 aliphatic rings. The van der Waals surface area contributed by atoms with Crippen molar-refractivity contribution in [1.82, 2.24) is 9.73 Å². The summed E-state index contributed by atoms with van der Waals surface area (Å²) in [5.74, 6) is -0.201. The fourth-order valence-corrected chi connectivity index (χ4v) is 7.12. The van der Waals surface area contributed by atoms with E-state index in [2.05, 4.69) is 4.72 Å². The highest BCUT2D eigenvalue weighted by Crippen LogP contribution is 2.31. The monoisotopic (exact) mass is 619 g/mol. The molecule has 5 rings (SSSR count). The van der Waals surface area contributed by atoms with Gasteiger partial charge in [-0.3, -0.25) is 0 Å². The Balaban J connectivity index is 1.55. The number of primary sulfonamides is 1. The van der Waals surface area contributed by atoms with Crippen LogP contribution in [0.5, 0.6) is 0 Å². The van der Waals surface area contributed by atoms with Crippen molar-refractivity contribution >= 4 is 54.9 Å². The van der Waals surface area contributed by atoms with Gasteiger partial charge in [0.25, 0.3) is 10.0 Å². The molecule has 1 heterocycles. The molecule has 210 valence electrons. The minimum atomic E-state index is -4.08. The van der Waals surface area contributed by atoms with Gasteiger partial charge in [0.05, 0.1) is 28.4 Å². The van der Waals surface area contributed by atoms with Crippen LogP contribution in [-0.2, 0) is 20.0 Å². The van der Waals surface area contributed by atoms with Crippen molar-refractivity contribution in [3.05, 3.63) is 100 Å². The van der Waals surface area contributed by atoms with Gasteiger partial charge in [0.15, 0.2) is 0 Å². The summed E-state index contributed by atoms with van der Waals surface area (Å²) in [5.41, 5.74) is 2.54. The van der Waals surface area contributed by atoms with Crippen LogP contribution in [0.15, 0.2) is 93.9 Å². The number of hydrazone groups is 1. The fourth-order valence-electron chi connectivity index (χ4n) is 4.91. The number of hydrogen-bond donors (Lipinski definition) is 2. The first-order valence-electron chi connectivity index (χ1n) is 12.5. The van der Waals surface area contributed by atoms with E-state index in [1.807, 2.05) is 42.5 Å². The molecule has 3 N–H and O–H groups in total. The van der Waals surface area contributed by atoms with E-state index in [9.17, 15) is 16.8 Å². The van der Waals surface area contributed by atoms with E-state index >= 15 is 0 Å². The summed E-state index contributed by atoms with van der Waals surface area (Å²) in [7, 11) is -7.82. The third-order valence-electron chi connectivity index (χ3n) is 6.98. The topological polar surface area (TPSA) is 134 Å². The number of aliphatic imine (C=N–C) groups is 1. The number of hydrogen-bond acceptors (Lipinski definition) is 6. The van der Waals surface area contributed by atoms with Crippen LogP contribution < -0.4 is 9.86 Å². The molecule has 0 spiro atoms. The van der Waals surface area contributed by atoms with Crippen molar-refractivity contribution in [3.63, 3.8) is 0 Å². The van der Waals surface area contributed by atoms with Crippen LogP contribution in [0.25, 0.3) is 0 Å². The lowest BCUT2D eigenvalue weighted by Gasteiger charge is -2.21. The number of nitrogens with zero attached hydrogens (tertiary/aromatic N) is 3. The Morgan fingerprint density at radius 1 is 0.900 bits per heavy atom. The van der Waals surface area contributed by atoms with Gasteiger partial charge in [-0.2, -0.15) is 5.10 Å². The second-order valence-electron chi connectivity index (χ2n) is 9.73. The zero-order valence-corrected chi connectivity index (χ0v) is 24.3. The van der Waals surface area contributed by atoms with Crippen LogP contribution >= 0.6 is 23.2 Å². The molecule has 40 heavy (non-hydrogen) atoms. The van der Waals surface area contributed by atoms with Crippen LogP contribution in [0.3, 0.4) is 0 Å². The molecule has 13 heteroatoms. The van der Waals surface area contributed by atoms with Gasteiger partial charge in [0.1, 0.15) is 0 Å². The Hall–Kier alpha value is -2.96. The maximum atomic E-state index is 13.4. The first kappa shape index (κ1) is 28.6. The lowest BCUT2D eigenvalue weighted by atomic mass is 9.91. The van der Waals surface area contributed by atoms with Crippen molar-refractivity contribution in [1.29, 1.82) is 0 Å². The Labute approximate surface area is 243 Å². The minimum Gasteiger partial charge on any atom is -0.248 e. The smallest absolute Gasteiger partial charge is 0.248 e. The molecular weight excluding hydrogens is 593 g/mol. The molecule has 0 radical (unpaired) electrons. The third kappa shape index (κ3) is 6.50. The lowest BCUT2D eigenvalue weighted by molar-refractivity contribution is 0.456. The number of halogens is 2. The van der Waals surface area contributed by atoms with Crippen molar-refractivity contribution in [2.24, 2.45) is 15.2 Å². The van der Waals surface area contributed by atoms with Crippen molar-refractivity contribution in [3.8, 4) is 0 Å². The summed E-state index contributed by atoms with van der Waals surface area (Å²) in [4.78, 5) is 4.70. The number of guanidine groups is 1. The molecule has 3 aromatic rings. The molecule has 9 nitrogen and oxygen atoms in total. The molecule has 3 atom stereocenters. The summed E-state index contributed by atoms with van der Waals surface area (Å²) in [6.07, 6.45) is 0.974.